The fourth-order valence-electron chi connectivity index (χ4n) is 3.97. The molecular formula is C24H28N2O5. The summed E-state index contributed by atoms with van der Waals surface area (Å²) in [5.74, 6) is -1.57. The summed E-state index contributed by atoms with van der Waals surface area (Å²) in [6, 6.07) is 14.8. The molecule has 0 saturated carbocycles. The van der Waals surface area contributed by atoms with E-state index in [4.69, 9.17) is 9.84 Å². The number of carbonyl (C=O) groups is 3. The smallest absolute Gasteiger partial charge is 0.407 e. The minimum atomic E-state index is -1.11. The molecule has 3 rings (SSSR count). The molecule has 7 nitrogen and oxygen atoms in total. The first-order chi connectivity index (χ1) is 14.9. The molecule has 2 amide bonds. The topological polar surface area (TPSA) is 105 Å². The number of carboxylic acid groups (broad SMARTS) is 1. The maximum atomic E-state index is 12.5. The van der Waals surface area contributed by atoms with Crippen LogP contribution in [0.1, 0.15) is 50.2 Å². The van der Waals surface area contributed by atoms with Gasteiger partial charge in [0.1, 0.15) is 12.6 Å². The highest BCUT2D eigenvalue weighted by molar-refractivity contribution is 5.84. The van der Waals surface area contributed by atoms with Gasteiger partial charge in [-0.25, -0.2) is 4.79 Å². The van der Waals surface area contributed by atoms with Crippen molar-refractivity contribution in [2.45, 2.75) is 51.1 Å². The molecule has 2 aromatic rings. The van der Waals surface area contributed by atoms with E-state index in [1.165, 1.54) is 6.92 Å². The van der Waals surface area contributed by atoms with E-state index in [0.29, 0.717) is 6.42 Å². The van der Waals surface area contributed by atoms with Crippen LogP contribution < -0.4 is 10.6 Å². The van der Waals surface area contributed by atoms with E-state index in [-0.39, 0.29) is 18.9 Å². The second-order valence-electron chi connectivity index (χ2n) is 7.79. The normalized spacial score (nSPS) is 14.1. The zero-order chi connectivity index (χ0) is 22.4. The second kappa shape index (κ2) is 10.1. The van der Waals surface area contributed by atoms with Crippen molar-refractivity contribution in [1.82, 2.24) is 10.6 Å². The molecule has 1 aliphatic carbocycles. The lowest BCUT2D eigenvalue weighted by molar-refractivity contribution is -0.141. The summed E-state index contributed by atoms with van der Waals surface area (Å²) < 4.78 is 5.54. The van der Waals surface area contributed by atoms with Gasteiger partial charge in [-0.3, -0.25) is 9.59 Å². The number of nitrogens with one attached hydrogen (secondary N) is 2. The van der Waals surface area contributed by atoms with Crippen LogP contribution >= 0.6 is 0 Å². The summed E-state index contributed by atoms with van der Waals surface area (Å²) in [6.45, 7) is 3.54. The van der Waals surface area contributed by atoms with Gasteiger partial charge in [0.05, 0.1) is 0 Å². The van der Waals surface area contributed by atoms with Crippen LogP contribution in [0.3, 0.4) is 0 Å². The van der Waals surface area contributed by atoms with Crippen molar-refractivity contribution >= 4 is 18.0 Å². The van der Waals surface area contributed by atoms with Crippen LogP contribution in [0.2, 0.25) is 0 Å². The number of fused-ring (bicyclic) bond motifs is 3. The second-order valence-corrected chi connectivity index (χ2v) is 7.79. The molecule has 2 aromatic carbocycles. The van der Waals surface area contributed by atoms with Crippen LogP contribution in [-0.2, 0) is 14.3 Å². The molecule has 1 aliphatic rings. The van der Waals surface area contributed by atoms with E-state index in [9.17, 15) is 14.4 Å². The number of alkyl carbamates (subject to hydrolysis) is 1. The third-order valence-electron chi connectivity index (χ3n) is 5.48. The highest BCUT2D eigenvalue weighted by Crippen LogP contribution is 2.44. The van der Waals surface area contributed by atoms with Crippen molar-refractivity contribution in [2.75, 3.05) is 6.61 Å². The zero-order valence-corrected chi connectivity index (χ0v) is 17.8. The summed E-state index contributed by atoms with van der Waals surface area (Å²) in [4.78, 5) is 35.5. The Bertz CT molecular complexity index is 913. The summed E-state index contributed by atoms with van der Waals surface area (Å²) in [5.41, 5.74) is 4.56. The highest BCUT2D eigenvalue weighted by Gasteiger charge is 2.29. The first-order valence-corrected chi connectivity index (χ1v) is 10.5. The van der Waals surface area contributed by atoms with E-state index in [1.54, 1.807) is 0 Å². The Morgan fingerprint density at radius 2 is 1.58 bits per heavy atom. The van der Waals surface area contributed by atoms with Gasteiger partial charge in [0.15, 0.2) is 0 Å². The third kappa shape index (κ3) is 5.42. The van der Waals surface area contributed by atoms with Gasteiger partial charge in [-0.1, -0.05) is 61.9 Å². The van der Waals surface area contributed by atoms with Gasteiger partial charge in [0, 0.05) is 18.4 Å². The molecule has 2 atom stereocenters. The first kappa shape index (κ1) is 22.3. The van der Waals surface area contributed by atoms with Crippen molar-refractivity contribution in [2.24, 2.45) is 0 Å². The van der Waals surface area contributed by atoms with Crippen molar-refractivity contribution in [3.05, 3.63) is 59.7 Å². The number of aliphatic carboxylic acids is 1. The van der Waals surface area contributed by atoms with Crippen molar-refractivity contribution in [1.29, 1.82) is 0 Å². The molecule has 0 spiro atoms. The predicted octanol–water partition coefficient (Wildman–Crippen LogP) is 3.67. The Kier molecular flexibility index (Phi) is 7.28. The molecule has 0 radical (unpaired) electrons. The Morgan fingerprint density at radius 3 is 2.13 bits per heavy atom. The minimum Gasteiger partial charge on any atom is -0.480 e. The Morgan fingerprint density at radius 1 is 1.00 bits per heavy atom. The summed E-state index contributed by atoms with van der Waals surface area (Å²) in [7, 11) is 0. The van der Waals surface area contributed by atoms with E-state index in [0.717, 1.165) is 28.7 Å². The molecule has 0 heterocycles. The highest BCUT2D eigenvalue weighted by atomic mass is 16.5. The van der Waals surface area contributed by atoms with Crippen molar-refractivity contribution < 1.29 is 24.2 Å². The molecule has 0 aliphatic heterocycles. The summed E-state index contributed by atoms with van der Waals surface area (Å²) in [6.07, 6.45) is 0.754. The lowest BCUT2D eigenvalue weighted by atomic mass is 9.98. The lowest BCUT2D eigenvalue weighted by Crippen LogP contribution is -2.43. The van der Waals surface area contributed by atoms with Gasteiger partial charge < -0.3 is 20.5 Å². The molecule has 0 bridgehead atoms. The maximum absolute atomic E-state index is 12.5. The standard InChI is InChI=1S/C24H28N2O5/c1-3-8-16(13-22(27)25-15(2)23(28)29)26-24(30)31-14-21-19-11-6-4-9-17(19)18-10-5-7-12-20(18)21/h4-7,9-12,15-16,21H,3,8,13-14H2,1-2H3,(H,25,27)(H,26,30)(H,28,29)/t15-,16?/m0/s1. The van der Waals surface area contributed by atoms with E-state index < -0.39 is 30.1 Å². The molecule has 164 valence electrons. The van der Waals surface area contributed by atoms with E-state index >= 15 is 0 Å². The molecule has 7 heteroatoms. The van der Waals surface area contributed by atoms with E-state index in [1.807, 2.05) is 31.2 Å². The molecule has 31 heavy (non-hydrogen) atoms. The van der Waals surface area contributed by atoms with Gasteiger partial charge in [-0.15, -0.1) is 0 Å². The molecular weight excluding hydrogens is 396 g/mol. The van der Waals surface area contributed by atoms with Crippen LogP contribution in [0.15, 0.2) is 48.5 Å². The number of hydrogen-bond acceptors (Lipinski definition) is 4. The van der Waals surface area contributed by atoms with Gasteiger partial charge in [-0.2, -0.15) is 0 Å². The van der Waals surface area contributed by atoms with Gasteiger partial charge in [0.25, 0.3) is 0 Å². The molecule has 0 aromatic heterocycles. The number of rotatable bonds is 9. The SMILES string of the molecule is CCCC(CC(=O)N[C@@H](C)C(=O)O)NC(=O)OCC1c2ccccc2-c2ccccc21. The minimum absolute atomic E-state index is 0.00431. The first-order valence-electron chi connectivity index (χ1n) is 10.5. The molecule has 3 N–H and O–H groups in total. The summed E-state index contributed by atoms with van der Waals surface area (Å²) in [5, 5.41) is 14.1. The van der Waals surface area contributed by atoms with Crippen LogP contribution in [0.4, 0.5) is 4.79 Å². The molecule has 0 fully saturated rings. The lowest BCUT2D eigenvalue weighted by Gasteiger charge is -2.20. The van der Waals surface area contributed by atoms with Gasteiger partial charge in [0.2, 0.25) is 5.91 Å². The average molecular weight is 424 g/mol. The van der Waals surface area contributed by atoms with Crippen molar-refractivity contribution in [3.63, 3.8) is 0 Å². The van der Waals surface area contributed by atoms with Gasteiger partial charge in [-0.05, 0) is 35.6 Å². The Hall–Kier alpha value is -3.35. The van der Waals surface area contributed by atoms with Gasteiger partial charge >= 0.3 is 12.1 Å². The number of amides is 2. The van der Waals surface area contributed by atoms with E-state index in [2.05, 4.69) is 34.9 Å². The summed E-state index contributed by atoms with van der Waals surface area (Å²) >= 11 is 0. The Balaban J connectivity index is 1.59. The number of carbonyl (C=O) groups excluding carboxylic acids is 2. The fraction of sp³-hybridized carbons (Fsp3) is 0.375. The van der Waals surface area contributed by atoms with Crippen molar-refractivity contribution in [3.8, 4) is 11.1 Å². The quantitative estimate of drug-likeness (QED) is 0.570. The fourth-order valence-corrected chi connectivity index (χ4v) is 3.97. The largest absolute Gasteiger partial charge is 0.480 e. The predicted molar refractivity (Wildman–Crippen MR) is 117 cm³/mol. The molecule has 0 saturated heterocycles. The third-order valence-corrected chi connectivity index (χ3v) is 5.48. The van der Waals surface area contributed by atoms with Crippen LogP contribution in [0.25, 0.3) is 11.1 Å². The number of ether oxygens (including phenoxy) is 1. The maximum Gasteiger partial charge on any atom is 0.407 e. The van der Waals surface area contributed by atoms with Crippen LogP contribution in [-0.4, -0.2) is 41.8 Å². The average Bonchev–Trinajstić information content (AvgIpc) is 3.06. The number of hydrogen-bond donors (Lipinski definition) is 3. The number of benzene rings is 2. The molecule has 1 unspecified atom stereocenters. The number of carboxylic acids is 1. The van der Waals surface area contributed by atoms with Crippen LogP contribution in [0.5, 0.6) is 0 Å². The Labute approximate surface area is 181 Å². The van der Waals surface area contributed by atoms with Crippen LogP contribution in [0, 0.1) is 0 Å². The monoisotopic (exact) mass is 424 g/mol. The zero-order valence-electron chi connectivity index (χ0n) is 17.8.